The number of carbonyl (C=O) groups excluding carboxylic acids is 1. The summed E-state index contributed by atoms with van der Waals surface area (Å²) in [5.41, 5.74) is 3.25. The monoisotopic (exact) mass is 361 g/mol. The zero-order valence-corrected chi connectivity index (χ0v) is 14.8. The van der Waals surface area contributed by atoms with Crippen molar-refractivity contribution in [3.05, 3.63) is 76.7 Å². The molecule has 0 unspecified atom stereocenters. The lowest BCUT2D eigenvalue weighted by Crippen LogP contribution is -2.11. The maximum atomic E-state index is 12.1. The summed E-state index contributed by atoms with van der Waals surface area (Å²) in [7, 11) is 0. The number of benzene rings is 2. The highest BCUT2D eigenvalue weighted by Crippen LogP contribution is 2.35. The topological polar surface area (TPSA) is 66.4 Å². The van der Waals surface area contributed by atoms with Crippen LogP contribution in [0.5, 0.6) is 0 Å². The smallest absolute Gasteiger partial charge is 0.339 e. The fraction of sp³-hybridized carbons (Fsp3) is 0.0476. The number of carboxylic acid groups (broad SMARTS) is 1. The van der Waals surface area contributed by atoms with Crippen LogP contribution < -0.4 is 5.32 Å². The lowest BCUT2D eigenvalue weighted by atomic mass is 10.0. The minimum Gasteiger partial charge on any atom is -0.478 e. The molecule has 5 heteroatoms. The Morgan fingerprint density at radius 1 is 1.04 bits per heavy atom. The van der Waals surface area contributed by atoms with Gasteiger partial charge in [-0.05, 0) is 24.6 Å². The van der Waals surface area contributed by atoms with Crippen molar-refractivity contribution in [2.45, 2.75) is 6.92 Å². The van der Waals surface area contributed by atoms with E-state index in [4.69, 9.17) is 0 Å². The molecule has 0 atom stereocenters. The Labute approximate surface area is 155 Å². The normalized spacial score (nSPS) is 9.88. The lowest BCUT2D eigenvalue weighted by molar-refractivity contribution is -0.111. The van der Waals surface area contributed by atoms with Gasteiger partial charge in [0, 0.05) is 22.4 Å². The average Bonchev–Trinajstić information content (AvgIpc) is 3.05. The van der Waals surface area contributed by atoms with E-state index in [2.05, 4.69) is 17.2 Å². The van der Waals surface area contributed by atoms with Crippen LogP contribution in [0.2, 0.25) is 0 Å². The number of amides is 1. The summed E-state index contributed by atoms with van der Waals surface area (Å²) in [6, 6.07) is 16.7. The molecule has 1 aromatic heterocycles. The van der Waals surface area contributed by atoms with E-state index in [0.717, 1.165) is 11.1 Å². The minimum atomic E-state index is -1.09. The van der Waals surface area contributed by atoms with Gasteiger partial charge < -0.3 is 10.4 Å². The first-order chi connectivity index (χ1) is 12.5. The van der Waals surface area contributed by atoms with Gasteiger partial charge in [0.2, 0.25) is 0 Å². The number of hydrogen-bond donors (Lipinski definition) is 2. The Bertz CT molecular complexity index is 1010. The van der Waals surface area contributed by atoms with Crippen molar-refractivity contribution in [2.24, 2.45) is 0 Å². The van der Waals surface area contributed by atoms with E-state index < -0.39 is 11.9 Å². The van der Waals surface area contributed by atoms with E-state index in [-0.39, 0.29) is 10.6 Å². The molecule has 0 aliphatic carbocycles. The standard InChI is InChI=1S/C21H15NO3S/c1-14-7-10-16(11-8-14)17-13-26-20(19(17)21(24)25)22-18(23)12-9-15-5-3-2-4-6-15/h2-8,10-11,13H,1H3,(H,22,23)(H,24,25). The van der Waals surface area contributed by atoms with E-state index in [1.807, 2.05) is 49.4 Å². The average molecular weight is 361 g/mol. The molecule has 2 N–H and O–H groups in total. The molecular formula is C21H15NO3S. The predicted octanol–water partition coefficient (Wildman–Crippen LogP) is 4.41. The van der Waals surface area contributed by atoms with Crippen LogP contribution in [-0.2, 0) is 4.79 Å². The Morgan fingerprint density at radius 3 is 2.38 bits per heavy atom. The van der Waals surface area contributed by atoms with Crippen LogP contribution in [0, 0.1) is 18.8 Å². The lowest BCUT2D eigenvalue weighted by Gasteiger charge is -2.04. The van der Waals surface area contributed by atoms with E-state index in [0.29, 0.717) is 11.1 Å². The van der Waals surface area contributed by atoms with Crippen LogP contribution in [0.15, 0.2) is 60.0 Å². The molecule has 0 fully saturated rings. The first kappa shape index (κ1) is 17.5. The summed E-state index contributed by atoms with van der Waals surface area (Å²) in [5.74, 6) is 3.60. The fourth-order valence-electron chi connectivity index (χ4n) is 2.39. The molecule has 0 saturated heterocycles. The number of nitrogens with one attached hydrogen (secondary N) is 1. The fourth-order valence-corrected chi connectivity index (χ4v) is 3.35. The van der Waals surface area contributed by atoms with Gasteiger partial charge >= 0.3 is 11.9 Å². The number of rotatable bonds is 3. The third-order valence-corrected chi connectivity index (χ3v) is 4.58. The third kappa shape index (κ3) is 4.00. The Hall–Kier alpha value is -3.36. The summed E-state index contributed by atoms with van der Waals surface area (Å²) in [6.07, 6.45) is 0. The Kier molecular flexibility index (Phi) is 5.16. The third-order valence-electron chi connectivity index (χ3n) is 3.69. The van der Waals surface area contributed by atoms with E-state index >= 15 is 0 Å². The van der Waals surface area contributed by atoms with Gasteiger partial charge in [0.1, 0.15) is 10.6 Å². The number of thiophene rings is 1. The highest BCUT2D eigenvalue weighted by atomic mass is 32.1. The van der Waals surface area contributed by atoms with Crippen LogP contribution in [0.25, 0.3) is 11.1 Å². The summed E-state index contributed by atoms with van der Waals surface area (Å²) in [5, 5.41) is 14.2. The molecule has 0 bridgehead atoms. The van der Waals surface area contributed by atoms with Gasteiger partial charge in [0.15, 0.2) is 0 Å². The number of carboxylic acids is 1. The SMILES string of the molecule is Cc1ccc(-c2csc(NC(=O)C#Cc3ccccc3)c2C(=O)O)cc1. The van der Waals surface area contributed by atoms with Crippen LogP contribution in [0.3, 0.4) is 0 Å². The number of hydrogen-bond acceptors (Lipinski definition) is 3. The second kappa shape index (κ2) is 7.68. The maximum absolute atomic E-state index is 12.1. The maximum Gasteiger partial charge on any atom is 0.339 e. The molecule has 128 valence electrons. The summed E-state index contributed by atoms with van der Waals surface area (Å²) < 4.78 is 0. The quantitative estimate of drug-likeness (QED) is 0.679. The van der Waals surface area contributed by atoms with E-state index in [1.54, 1.807) is 17.5 Å². The van der Waals surface area contributed by atoms with Crippen molar-refractivity contribution in [3.63, 3.8) is 0 Å². The van der Waals surface area contributed by atoms with Gasteiger partial charge in [0.25, 0.3) is 0 Å². The second-order valence-corrected chi connectivity index (χ2v) is 6.47. The Balaban J connectivity index is 1.87. The van der Waals surface area contributed by atoms with Crippen LogP contribution in [0.1, 0.15) is 21.5 Å². The van der Waals surface area contributed by atoms with Crippen molar-refractivity contribution in [3.8, 4) is 23.0 Å². The van der Waals surface area contributed by atoms with Crippen LogP contribution in [0.4, 0.5) is 5.00 Å². The van der Waals surface area contributed by atoms with Crippen molar-refractivity contribution in [1.82, 2.24) is 0 Å². The number of anilines is 1. The Morgan fingerprint density at radius 2 is 1.73 bits per heavy atom. The molecule has 0 aliphatic heterocycles. The molecule has 3 rings (SSSR count). The van der Waals surface area contributed by atoms with Gasteiger partial charge in [-0.15, -0.1) is 11.3 Å². The van der Waals surface area contributed by atoms with Crippen molar-refractivity contribution < 1.29 is 14.7 Å². The zero-order chi connectivity index (χ0) is 18.5. The van der Waals surface area contributed by atoms with Crippen molar-refractivity contribution in [1.29, 1.82) is 0 Å². The highest BCUT2D eigenvalue weighted by Gasteiger charge is 2.20. The van der Waals surface area contributed by atoms with E-state index in [9.17, 15) is 14.7 Å². The van der Waals surface area contributed by atoms with Crippen LogP contribution >= 0.6 is 11.3 Å². The van der Waals surface area contributed by atoms with E-state index in [1.165, 1.54) is 11.3 Å². The number of carbonyl (C=O) groups is 2. The van der Waals surface area contributed by atoms with Gasteiger partial charge in [-0.3, -0.25) is 4.79 Å². The van der Waals surface area contributed by atoms with Gasteiger partial charge in [-0.25, -0.2) is 4.79 Å². The summed E-state index contributed by atoms with van der Waals surface area (Å²) >= 11 is 1.17. The molecule has 4 nitrogen and oxygen atoms in total. The first-order valence-electron chi connectivity index (χ1n) is 7.84. The summed E-state index contributed by atoms with van der Waals surface area (Å²) in [6.45, 7) is 1.96. The molecule has 3 aromatic rings. The van der Waals surface area contributed by atoms with Crippen molar-refractivity contribution >= 4 is 28.2 Å². The molecule has 0 spiro atoms. The molecule has 2 aromatic carbocycles. The highest BCUT2D eigenvalue weighted by molar-refractivity contribution is 7.15. The molecule has 0 saturated carbocycles. The zero-order valence-electron chi connectivity index (χ0n) is 13.9. The minimum absolute atomic E-state index is 0.0775. The predicted molar refractivity (Wildman–Crippen MR) is 103 cm³/mol. The molecule has 1 heterocycles. The molecule has 1 amide bonds. The number of aromatic carboxylic acids is 1. The number of aryl methyl sites for hydroxylation is 1. The molecule has 0 aliphatic rings. The van der Waals surface area contributed by atoms with Gasteiger partial charge in [-0.1, -0.05) is 53.9 Å². The second-order valence-electron chi connectivity index (χ2n) is 5.59. The largest absolute Gasteiger partial charge is 0.478 e. The molecule has 0 radical (unpaired) electrons. The molecular weight excluding hydrogens is 346 g/mol. The van der Waals surface area contributed by atoms with Gasteiger partial charge in [0.05, 0.1) is 0 Å². The van der Waals surface area contributed by atoms with Crippen LogP contribution in [-0.4, -0.2) is 17.0 Å². The van der Waals surface area contributed by atoms with Crippen molar-refractivity contribution in [2.75, 3.05) is 5.32 Å². The van der Waals surface area contributed by atoms with Gasteiger partial charge in [-0.2, -0.15) is 0 Å². The molecule has 26 heavy (non-hydrogen) atoms. The first-order valence-corrected chi connectivity index (χ1v) is 8.72. The summed E-state index contributed by atoms with van der Waals surface area (Å²) in [4.78, 5) is 23.8.